The van der Waals surface area contributed by atoms with Gasteiger partial charge in [0.2, 0.25) is 5.91 Å². The van der Waals surface area contributed by atoms with E-state index in [0.717, 1.165) is 16.0 Å². The minimum absolute atomic E-state index is 0.236. The van der Waals surface area contributed by atoms with E-state index in [2.05, 4.69) is 15.6 Å². The molecule has 0 saturated carbocycles. The van der Waals surface area contributed by atoms with Gasteiger partial charge in [0.05, 0.1) is 19.9 Å². The number of ether oxygens (including phenoxy) is 2. The summed E-state index contributed by atoms with van der Waals surface area (Å²) in [7, 11) is 3.15. The second-order valence-electron chi connectivity index (χ2n) is 8.99. The lowest BCUT2D eigenvalue weighted by Gasteiger charge is -2.17. The number of thioether (sulfide) groups is 1. The van der Waals surface area contributed by atoms with E-state index in [0.29, 0.717) is 33.6 Å². The van der Waals surface area contributed by atoms with Gasteiger partial charge in [0, 0.05) is 27.1 Å². The highest BCUT2D eigenvalue weighted by Gasteiger charge is 2.24. The molecule has 5 rings (SSSR count). The summed E-state index contributed by atoms with van der Waals surface area (Å²) in [6.45, 7) is 0. The lowest BCUT2D eigenvalue weighted by Crippen LogP contribution is -2.19. The molecule has 1 heterocycles. The van der Waals surface area contributed by atoms with Crippen LogP contribution in [0.2, 0.25) is 0 Å². The molecule has 0 fully saturated rings. The van der Waals surface area contributed by atoms with Crippen molar-refractivity contribution in [2.24, 2.45) is 0 Å². The van der Waals surface area contributed by atoms with E-state index in [1.54, 1.807) is 32.4 Å². The summed E-state index contributed by atoms with van der Waals surface area (Å²) in [6.07, 6.45) is 0. The van der Waals surface area contributed by atoms with Gasteiger partial charge in [-0.05, 0) is 66.2 Å². The van der Waals surface area contributed by atoms with Gasteiger partial charge >= 0.3 is 0 Å². The predicted molar refractivity (Wildman–Crippen MR) is 165 cm³/mol. The fourth-order valence-corrected chi connectivity index (χ4v) is 5.92. The molecule has 0 aliphatic heterocycles. The maximum absolute atomic E-state index is 13.6. The van der Waals surface area contributed by atoms with Crippen LogP contribution in [0.4, 0.5) is 15.2 Å². The standard InChI is InChI=1S/C32H26FN3O4S2/c1-39-27-16-13-22(17-28(27)40-2)26-19-41-32(35-26)36-31(38)29(20-7-4-3-5-8-20)42-25-10-6-9-24(18-25)34-30(37)21-11-14-23(33)15-12-21/h3-19,29H,1-2H3,(H,34,37)(H,35,36,38). The first-order valence-electron chi connectivity index (χ1n) is 12.8. The number of thiazole rings is 1. The minimum atomic E-state index is -0.595. The van der Waals surface area contributed by atoms with Gasteiger partial charge in [-0.2, -0.15) is 0 Å². The molecule has 4 aromatic carbocycles. The number of amides is 2. The summed E-state index contributed by atoms with van der Waals surface area (Å²) >= 11 is 2.68. The fourth-order valence-electron chi connectivity index (χ4n) is 4.12. The number of aromatic nitrogens is 1. The van der Waals surface area contributed by atoms with E-state index in [-0.39, 0.29) is 11.8 Å². The van der Waals surface area contributed by atoms with Crippen LogP contribution in [0.5, 0.6) is 11.5 Å². The molecule has 10 heteroatoms. The van der Waals surface area contributed by atoms with Gasteiger partial charge in [-0.25, -0.2) is 9.37 Å². The molecule has 42 heavy (non-hydrogen) atoms. The number of benzene rings is 4. The van der Waals surface area contributed by atoms with Gasteiger partial charge in [-0.3, -0.25) is 9.59 Å². The third kappa shape index (κ3) is 6.96. The molecule has 0 saturated heterocycles. The summed E-state index contributed by atoms with van der Waals surface area (Å²) in [5.74, 6) is 0.200. The predicted octanol–water partition coefficient (Wildman–Crippen LogP) is 7.69. The highest BCUT2D eigenvalue weighted by atomic mass is 32.2. The Morgan fingerprint density at radius 3 is 2.36 bits per heavy atom. The van der Waals surface area contributed by atoms with Crippen LogP contribution in [-0.4, -0.2) is 31.0 Å². The number of halogens is 1. The number of rotatable bonds is 10. The molecule has 0 aliphatic carbocycles. The van der Waals surface area contributed by atoms with E-state index in [9.17, 15) is 14.0 Å². The zero-order chi connectivity index (χ0) is 29.5. The Morgan fingerprint density at radius 1 is 0.857 bits per heavy atom. The third-order valence-corrected chi connectivity index (χ3v) is 8.21. The van der Waals surface area contributed by atoms with Crippen molar-refractivity contribution in [3.63, 3.8) is 0 Å². The van der Waals surface area contributed by atoms with Crippen LogP contribution in [-0.2, 0) is 4.79 Å². The van der Waals surface area contributed by atoms with Crippen LogP contribution >= 0.6 is 23.1 Å². The Labute approximate surface area is 250 Å². The lowest BCUT2D eigenvalue weighted by atomic mass is 10.1. The maximum Gasteiger partial charge on any atom is 0.255 e. The van der Waals surface area contributed by atoms with Crippen molar-refractivity contribution in [3.05, 3.63) is 119 Å². The molecule has 2 amide bonds. The monoisotopic (exact) mass is 599 g/mol. The van der Waals surface area contributed by atoms with Crippen LogP contribution in [0.1, 0.15) is 21.2 Å². The van der Waals surface area contributed by atoms with Gasteiger partial charge in [-0.1, -0.05) is 36.4 Å². The molecule has 0 radical (unpaired) electrons. The Bertz CT molecular complexity index is 1690. The molecule has 0 aliphatic rings. The second kappa shape index (κ2) is 13.3. The van der Waals surface area contributed by atoms with Crippen LogP contribution in [0.25, 0.3) is 11.3 Å². The first-order chi connectivity index (χ1) is 20.4. The van der Waals surface area contributed by atoms with E-state index < -0.39 is 11.1 Å². The SMILES string of the molecule is COc1ccc(-c2csc(NC(=O)C(Sc3cccc(NC(=O)c4ccc(F)cc4)c3)c3ccccc3)n2)cc1OC. The largest absolute Gasteiger partial charge is 0.493 e. The summed E-state index contributed by atoms with van der Waals surface area (Å²) in [5.41, 5.74) is 3.24. The van der Waals surface area contributed by atoms with Crippen molar-refractivity contribution < 1.29 is 23.5 Å². The molecule has 7 nitrogen and oxygen atoms in total. The highest BCUT2D eigenvalue weighted by molar-refractivity contribution is 8.00. The zero-order valence-electron chi connectivity index (χ0n) is 22.7. The molecule has 1 unspecified atom stereocenters. The summed E-state index contributed by atoms with van der Waals surface area (Å²) < 4.78 is 24.0. The van der Waals surface area contributed by atoms with Gasteiger partial charge in [0.1, 0.15) is 11.1 Å². The smallest absolute Gasteiger partial charge is 0.255 e. The molecule has 1 aromatic heterocycles. The second-order valence-corrected chi connectivity index (χ2v) is 11.0. The number of anilines is 2. The van der Waals surface area contributed by atoms with Crippen molar-refractivity contribution in [1.29, 1.82) is 0 Å². The maximum atomic E-state index is 13.6. The van der Waals surface area contributed by atoms with Crippen LogP contribution in [0.3, 0.4) is 0 Å². The topological polar surface area (TPSA) is 89.6 Å². The van der Waals surface area contributed by atoms with Gasteiger partial charge in [0.15, 0.2) is 16.6 Å². The first-order valence-corrected chi connectivity index (χ1v) is 14.6. The van der Waals surface area contributed by atoms with Crippen LogP contribution < -0.4 is 20.1 Å². The van der Waals surface area contributed by atoms with Crippen molar-refractivity contribution >= 4 is 45.7 Å². The quantitative estimate of drug-likeness (QED) is 0.160. The molecule has 212 valence electrons. The van der Waals surface area contributed by atoms with E-state index in [4.69, 9.17) is 9.47 Å². The van der Waals surface area contributed by atoms with Gasteiger partial charge < -0.3 is 20.1 Å². The molecule has 0 bridgehead atoms. The molecule has 2 N–H and O–H groups in total. The van der Waals surface area contributed by atoms with E-state index >= 15 is 0 Å². The minimum Gasteiger partial charge on any atom is -0.493 e. The van der Waals surface area contributed by atoms with Gasteiger partial charge in [-0.15, -0.1) is 23.1 Å². The highest BCUT2D eigenvalue weighted by Crippen LogP contribution is 2.38. The molecule has 5 aromatic rings. The van der Waals surface area contributed by atoms with Crippen molar-refractivity contribution in [3.8, 4) is 22.8 Å². The Kier molecular flexibility index (Phi) is 9.15. The van der Waals surface area contributed by atoms with Crippen LogP contribution in [0.15, 0.2) is 107 Å². The fraction of sp³-hybridized carbons (Fsp3) is 0.0938. The normalized spacial score (nSPS) is 11.4. The van der Waals surface area contributed by atoms with Crippen molar-refractivity contribution in [2.75, 3.05) is 24.9 Å². The van der Waals surface area contributed by atoms with Crippen molar-refractivity contribution in [1.82, 2.24) is 4.98 Å². The summed E-state index contributed by atoms with van der Waals surface area (Å²) in [5, 5.41) is 7.54. The summed E-state index contributed by atoms with van der Waals surface area (Å²) in [4.78, 5) is 31.7. The zero-order valence-corrected chi connectivity index (χ0v) is 24.3. The number of nitrogens with one attached hydrogen (secondary N) is 2. The molecule has 1 atom stereocenters. The molecule has 0 spiro atoms. The number of carbonyl (C=O) groups is 2. The van der Waals surface area contributed by atoms with Gasteiger partial charge in [0.25, 0.3) is 5.91 Å². The van der Waals surface area contributed by atoms with Crippen molar-refractivity contribution in [2.45, 2.75) is 10.1 Å². The first kappa shape index (κ1) is 28.8. The third-order valence-electron chi connectivity index (χ3n) is 6.21. The van der Waals surface area contributed by atoms with E-state index in [1.165, 1.54) is 47.4 Å². The Hall–Kier alpha value is -4.67. The number of hydrogen-bond donors (Lipinski definition) is 2. The Morgan fingerprint density at radius 2 is 1.62 bits per heavy atom. The Balaban J connectivity index is 1.33. The average molecular weight is 600 g/mol. The number of methoxy groups -OCH3 is 2. The summed E-state index contributed by atoms with van der Waals surface area (Å²) in [6, 6.07) is 27.5. The average Bonchev–Trinajstić information content (AvgIpc) is 3.48. The van der Waals surface area contributed by atoms with E-state index in [1.807, 2.05) is 60.0 Å². The molecular formula is C32H26FN3O4S2. The number of hydrogen-bond acceptors (Lipinski definition) is 7. The lowest BCUT2D eigenvalue weighted by molar-refractivity contribution is -0.115. The molecular weight excluding hydrogens is 574 g/mol. The number of carbonyl (C=O) groups excluding carboxylic acids is 2. The van der Waals surface area contributed by atoms with Crippen LogP contribution in [0, 0.1) is 5.82 Å². The number of nitrogens with zero attached hydrogens (tertiary/aromatic N) is 1.